The van der Waals surface area contributed by atoms with E-state index in [1.807, 2.05) is 12.3 Å². The zero-order valence-electron chi connectivity index (χ0n) is 14.3. The quantitative estimate of drug-likeness (QED) is 0.907. The summed E-state index contributed by atoms with van der Waals surface area (Å²) in [5.74, 6) is -0.344. The molecule has 1 aliphatic rings. The van der Waals surface area contributed by atoms with Crippen molar-refractivity contribution in [3.05, 3.63) is 35.1 Å². The van der Waals surface area contributed by atoms with Crippen LogP contribution < -0.4 is 15.0 Å². The number of amides is 2. The molecule has 134 valence electrons. The summed E-state index contributed by atoms with van der Waals surface area (Å²) >= 11 is 1.62. The molecule has 2 heterocycles. The molecule has 1 aromatic heterocycles. The van der Waals surface area contributed by atoms with Crippen LogP contribution in [0.1, 0.15) is 12.1 Å². The number of urea groups is 1. The Balaban J connectivity index is 1.60. The molecule has 0 radical (unpaired) electrons. The number of benzene rings is 1. The van der Waals surface area contributed by atoms with Crippen molar-refractivity contribution in [1.29, 1.82) is 0 Å². The summed E-state index contributed by atoms with van der Waals surface area (Å²) in [6.45, 7) is 4.84. The lowest BCUT2D eigenvalue weighted by atomic mass is 10.3. The second-order valence-corrected chi connectivity index (χ2v) is 6.72. The predicted molar refractivity (Wildman–Crippen MR) is 97.2 cm³/mol. The zero-order valence-corrected chi connectivity index (χ0v) is 15.1. The second-order valence-electron chi connectivity index (χ2n) is 5.88. The van der Waals surface area contributed by atoms with E-state index in [0.717, 1.165) is 30.3 Å². The number of nitrogens with zero attached hydrogens (tertiary/aromatic N) is 3. The average molecular weight is 364 g/mol. The van der Waals surface area contributed by atoms with E-state index >= 15 is 0 Å². The molecule has 3 rings (SSSR count). The molecular formula is C17H21FN4O2S. The molecular weight excluding hydrogens is 343 g/mol. The van der Waals surface area contributed by atoms with E-state index in [1.54, 1.807) is 22.3 Å². The van der Waals surface area contributed by atoms with Gasteiger partial charge in [0.2, 0.25) is 0 Å². The first-order valence-electron chi connectivity index (χ1n) is 8.13. The molecule has 0 unspecified atom stereocenters. The van der Waals surface area contributed by atoms with Crippen molar-refractivity contribution in [3.63, 3.8) is 0 Å². The van der Waals surface area contributed by atoms with Crippen molar-refractivity contribution >= 4 is 28.2 Å². The first-order chi connectivity index (χ1) is 12.1. The fourth-order valence-electron chi connectivity index (χ4n) is 2.75. The van der Waals surface area contributed by atoms with Crippen molar-refractivity contribution in [2.45, 2.75) is 13.3 Å². The highest BCUT2D eigenvalue weighted by Crippen LogP contribution is 2.23. The number of carbonyl (C=O) groups excluding carboxylic acids is 1. The van der Waals surface area contributed by atoms with Crippen molar-refractivity contribution in [2.75, 3.05) is 43.5 Å². The van der Waals surface area contributed by atoms with Crippen LogP contribution in [0.3, 0.4) is 0 Å². The van der Waals surface area contributed by atoms with Gasteiger partial charge in [-0.05, 0) is 25.5 Å². The third-order valence-corrected chi connectivity index (χ3v) is 5.08. The lowest BCUT2D eigenvalue weighted by Gasteiger charge is -2.22. The normalized spacial score (nSPS) is 15.0. The molecule has 8 heteroatoms. The highest BCUT2D eigenvalue weighted by atomic mass is 32.1. The number of rotatable bonds is 3. The lowest BCUT2D eigenvalue weighted by Crippen LogP contribution is -2.38. The SMILES string of the molecule is COc1ccc(NC(=O)N2CCCN(c3nc(C)cs3)CC2)cc1F. The number of thiazole rings is 1. The number of aromatic nitrogens is 1. The fourth-order valence-corrected chi connectivity index (χ4v) is 3.60. The van der Waals surface area contributed by atoms with Crippen LogP contribution in [0.2, 0.25) is 0 Å². The lowest BCUT2D eigenvalue weighted by molar-refractivity contribution is 0.215. The van der Waals surface area contributed by atoms with Crippen LogP contribution in [-0.2, 0) is 0 Å². The Hall–Kier alpha value is -2.35. The van der Waals surface area contributed by atoms with Gasteiger partial charge in [0.1, 0.15) is 0 Å². The van der Waals surface area contributed by atoms with Crippen LogP contribution in [0.4, 0.5) is 20.0 Å². The maximum atomic E-state index is 13.7. The summed E-state index contributed by atoms with van der Waals surface area (Å²) in [7, 11) is 1.41. The van der Waals surface area contributed by atoms with Crippen molar-refractivity contribution in [1.82, 2.24) is 9.88 Å². The van der Waals surface area contributed by atoms with Crippen LogP contribution in [0.5, 0.6) is 5.75 Å². The summed E-state index contributed by atoms with van der Waals surface area (Å²) in [4.78, 5) is 20.9. The van der Waals surface area contributed by atoms with Crippen LogP contribution in [0.15, 0.2) is 23.6 Å². The molecule has 0 atom stereocenters. The molecule has 2 amide bonds. The van der Waals surface area contributed by atoms with E-state index in [9.17, 15) is 9.18 Å². The number of hydrogen-bond donors (Lipinski definition) is 1. The number of methoxy groups -OCH3 is 1. The molecule has 0 aliphatic carbocycles. The molecule has 0 spiro atoms. The van der Waals surface area contributed by atoms with Gasteiger partial charge in [-0.25, -0.2) is 14.2 Å². The molecule has 0 bridgehead atoms. The molecule has 1 aromatic carbocycles. The van der Waals surface area contributed by atoms with Crippen molar-refractivity contribution in [3.8, 4) is 5.75 Å². The molecule has 25 heavy (non-hydrogen) atoms. The number of anilines is 2. The van der Waals surface area contributed by atoms with E-state index in [-0.39, 0.29) is 11.8 Å². The Bertz CT molecular complexity index is 752. The minimum absolute atomic E-state index is 0.155. The summed E-state index contributed by atoms with van der Waals surface area (Å²) in [5.41, 5.74) is 1.43. The van der Waals surface area contributed by atoms with Gasteiger partial charge >= 0.3 is 6.03 Å². The number of hydrogen-bond acceptors (Lipinski definition) is 5. The van der Waals surface area contributed by atoms with Crippen LogP contribution in [0.25, 0.3) is 0 Å². The van der Waals surface area contributed by atoms with Gasteiger partial charge in [-0.1, -0.05) is 0 Å². The number of halogens is 1. The molecule has 2 aromatic rings. The van der Waals surface area contributed by atoms with Gasteiger partial charge in [-0.15, -0.1) is 11.3 Å². The van der Waals surface area contributed by atoms with Gasteiger partial charge in [0.15, 0.2) is 16.7 Å². The smallest absolute Gasteiger partial charge is 0.321 e. The Morgan fingerprint density at radius 3 is 2.84 bits per heavy atom. The Kier molecular flexibility index (Phi) is 5.37. The van der Waals surface area contributed by atoms with Gasteiger partial charge in [-0.2, -0.15) is 0 Å². The zero-order chi connectivity index (χ0) is 17.8. The summed E-state index contributed by atoms with van der Waals surface area (Å²) < 4.78 is 18.6. The van der Waals surface area contributed by atoms with E-state index in [2.05, 4.69) is 15.2 Å². The van der Waals surface area contributed by atoms with Crippen LogP contribution in [-0.4, -0.2) is 49.2 Å². The molecule has 1 saturated heterocycles. The Morgan fingerprint density at radius 1 is 1.32 bits per heavy atom. The summed E-state index contributed by atoms with van der Waals surface area (Å²) in [6.07, 6.45) is 0.864. The Morgan fingerprint density at radius 2 is 2.16 bits per heavy atom. The van der Waals surface area contributed by atoms with Gasteiger partial charge in [0.25, 0.3) is 0 Å². The first kappa shape index (κ1) is 17.5. The molecule has 6 nitrogen and oxygen atoms in total. The summed E-state index contributed by atoms with van der Waals surface area (Å²) in [6, 6.07) is 4.17. The topological polar surface area (TPSA) is 57.7 Å². The predicted octanol–water partition coefficient (Wildman–Crippen LogP) is 3.34. The highest BCUT2D eigenvalue weighted by molar-refractivity contribution is 7.13. The molecule has 1 aliphatic heterocycles. The van der Waals surface area contributed by atoms with E-state index in [1.165, 1.54) is 19.2 Å². The van der Waals surface area contributed by atoms with Crippen molar-refractivity contribution in [2.24, 2.45) is 0 Å². The van der Waals surface area contributed by atoms with Crippen LogP contribution >= 0.6 is 11.3 Å². The molecule has 1 N–H and O–H groups in total. The van der Waals surface area contributed by atoms with Crippen molar-refractivity contribution < 1.29 is 13.9 Å². The van der Waals surface area contributed by atoms with E-state index < -0.39 is 5.82 Å². The third-order valence-electron chi connectivity index (χ3n) is 4.06. The van der Waals surface area contributed by atoms with E-state index in [4.69, 9.17) is 4.74 Å². The standard InChI is InChI=1S/C17H21FN4O2S/c1-12-11-25-17(19-12)22-7-3-6-21(8-9-22)16(23)20-13-4-5-15(24-2)14(18)10-13/h4-5,10-11H,3,6-9H2,1-2H3,(H,20,23). The maximum Gasteiger partial charge on any atom is 0.321 e. The largest absolute Gasteiger partial charge is 0.494 e. The fraction of sp³-hybridized carbons (Fsp3) is 0.412. The highest BCUT2D eigenvalue weighted by Gasteiger charge is 2.21. The van der Waals surface area contributed by atoms with Gasteiger partial charge < -0.3 is 19.9 Å². The summed E-state index contributed by atoms with van der Waals surface area (Å²) in [5, 5.41) is 5.78. The first-order valence-corrected chi connectivity index (χ1v) is 9.01. The maximum absolute atomic E-state index is 13.7. The second kappa shape index (κ2) is 7.69. The van der Waals surface area contributed by atoms with Crippen LogP contribution in [0, 0.1) is 12.7 Å². The van der Waals surface area contributed by atoms with Gasteiger partial charge in [0.05, 0.1) is 12.8 Å². The minimum atomic E-state index is -0.499. The van der Waals surface area contributed by atoms with E-state index in [0.29, 0.717) is 18.8 Å². The minimum Gasteiger partial charge on any atom is -0.494 e. The number of ether oxygens (including phenoxy) is 1. The molecule has 1 fully saturated rings. The number of aryl methyl sites for hydroxylation is 1. The Labute approximate surface area is 150 Å². The average Bonchev–Trinajstić information content (AvgIpc) is 2.88. The molecule has 0 saturated carbocycles. The van der Waals surface area contributed by atoms with Gasteiger partial charge in [0, 0.05) is 43.3 Å². The number of carbonyl (C=O) groups is 1. The third kappa shape index (κ3) is 4.19. The number of nitrogens with one attached hydrogen (secondary N) is 1. The monoisotopic (exact) mass is 364 g/mol. The van der Waals surface area contributed by atoms with Gasteiger partial charge in [-0.3, -0.25) is 0 Å².